The lowest BCUT2D eigenvalue weighted by molar-refractivity contribution is -0.138. The minimum atomic E-state index is -3.95. The molecule has 0 aromatic carbocycles. The van der Waals surface area contributed by atoms with Gasteiger partial charge in [0.1, 0.15) is 15.3 Å². The molecule has 0 amide bonds. The molecule has 0 aliphatic rings. The fraction of sp³-hybridized carbons (Fsp3) is 0.286. The van der Waals surface area contributed by atoms with Gasteiger partial charge in [0.25, 0.3) is 0 Å². The molecule has 0 unspecified atom stereocenters. The molecule has 0 spiro atoms. The van der Waals surface area contributed by atoms with Crippen LogP contribution in [0.15, 0.2) is 11.0 Å². The van der Waals surface area contributed by atoms with Crippen molar-refractivity contribution in [3.05, 3.63) is 14.7 Å². The van der Waals surface area contributed by atoms with Crippen LogP contribution in [0, 0.1) is 0 Å². The van der Waals surface area contributed by atoms with E-state index < -0.39 is 22.0 Å². The van der Waals surface area contributed by atoms with E-state index in [9.17, 15) is 13.2 Å². The van der Waals surface area contributed by atoms with Crippen molar-refractivity contribution in [2.75, 3.05) is 0 Å². The van der Waals surface area contributed by atoms with Crippen molar-refractivity contribution in [2.45, 2.75) is 17.9 Å². The van der Waals surface area contributed by atoms with Crippen LogP contribution < -0.4 is 4.72 Å². The van der Waals surface area contributed by atoms with Crippen molar-refractivity contribution in [3.8, 4) is 0 Å². The van der Waals surface area contributed by atoms with Gasteiger partial charge in [0.15, 0.2) is 0 Å². The van der Waals surface area contributed by atoms with Gasteiger partial charge in [-0.15, -0.1) is 11.3 Å². The standard InChI is InChI=1S/C7H7Cl2NO4S2/c1-3(7(11)12)10-16(13,14)4-2-5(8)15-6(4)9/h2-3,10H,1H3,(H,11,12)/t3-/m0/s1. The van der Waals surface area contributed by atoms with Crippen molar-refractivity contribution in [2.24, 2.45) is 0 Å². The van der Waals surface area contributed by atoms with E-state index in [2.05, 4.69) is 0 Å². The first-order valence-corrected chi connectivity index (χ1v) is 6.99. The molecule has 9 heteroatoms. The monoisotopic (exact) mass is 303 g/mol. The largest absolute Gasteiger partial charge is 0.480 e. The predicted molar refractivity (Wildman–Crippen MR) is 61.8 cm³/mol. The van der Waals surface area contributed by atoms with Crippen molar-refractivity contribution < 1.29 is 18.3 Å². The zero-order valence-corrected chi connectivity index (χ0v) is 11.0. The zero-order valence-electron chi connectivity index (χ0n) is 7.90. The molecule has 1 aromatic rings. The number of thiophene rings is 1. The molecule has 1 aromatic heterocycles. The highest BCUT2D eigenvalue weighted by atomic mass is 35.5. The summed E-state index contributed by atoms with van der Waals surface area (Å²) in [5.41, 5.74) is 0. The fourth-order valence-electron chi connectivity index (χ4n) is 0.855. The highest BCUT2D eigenvalue weighted by Crippen LogP contribution is 2.34. The maximum Gasteiger partial charge on any atom is 0.321 e. The number of rotatable bonds is 4. The van der Waals surface area contributed by atoms with Crippen molar-refractivity contribution in [3.63, 3.8) is 0 Å². The Morgan fingerprint density at radius 1 is 1.56 bits per heavy atom. The Labute approximate surface area is 106 Å². The molecule has 0 saturated heterocycles. The summed E-state index contributed by atoms with van der Waals surface area (Å²) < 4.78 is 25.5. The predicted octanol–water partition coefficient (Wildman–Crippen LogP) is 1.81. The molecule has 16 heavy (non-hydrogen) atoms. The zero-order chi connectivity index (χ0) is 12.5. The van der Waals surface area contributed by atoms with Crippen LogP contribution in [0.3, 0.4) is 0 Å². The lowest BCUT2D eigenvalue weighted by Gasteiger charge is -2.08. The lowest BCUT2D eigenvalue weighted by Crippen LogP contribution is -2.38. The third-order valence-corrected chi connectivity index (χ3v) is 4.91. The number of hydrogen-bond acceptors (Lipinski definition) is 4. The van der Waals surface area contributed by atoms with E-state index in [-0.39, 0.29) is 13.6 Å². The van der Waals surface area contributed by atoms with Gasteiger partial charge >= 0.3 is 5.97 Å². The highest BCUT2D eigenvalue weighted by molar-refractivity contribution is 7.89. The maximum absolute atomic E-state index is 11.7. The molecule has 0 saturated carbocycles. The summed E-state index contributed by atoms with van der Waals surface area (Å²) >= 11 is 12.2. The van der Waals surface area contributed by atoms with Gasteiger partial charge in [-0.2, -0.15) is 4.72 Å². The summed E-state index contributed by atoms with van der Waals surface area (Å²) in [4.78, 5) is 10.3. The highest BCUT2D eigenvalue weighted by Gasteiger charge is 2.25. The van der Waals surface area contributed by atoms with Crippen LogP contribution in [0.2, 0.25) is 8.67 Å². The Hall–Kier alpha value is -0.340. The number of sulfonamides is 1. The van der Waals surface area contributed by atoms with Crippen LogP contribution in [0.5, 0.6) is 0 Å². The molecule has 0 aliphatic carbocycles. The van der Waals surface area contributed by atoms with Crippen molar-refractivity contribution >= 4 is 50.5 Å². The molecule has 0 radical (unpaired) electrons. The second kappa shape index (κ2) is 4.89. The number of halogens is 2. The Bertz CT molecular complexity index is 510. The van der Waals surface area contributed by atoms with E-state index in [1.807, 2.05) is 4.72 Å². The first-order chi connectivity index (χ1) is 7.24. The van der Waals surface area contributed by atoms with Gasteiger partial charge in [0.2, 0.25) is 10.0 Å². The first-order valence-electron chi connectivity index (χ1n) is 3.94. The lowest BCUT2D eigenvalue weighted by atomic mass is 10.4. The Morgan fingerprint density at radius 3 is 2.50 bits per heavy atom. The molecule has 1 heterocycles. The normalized spacial score (nSPS) is 13.7. The van der Waals surface area contributed by atoms with Crippen molar-refractivity contribution in [1.82, 2.24) is 4.72 Å². The Kier molecular flexibility index (Phi) is 4.19. The summed E-state index contributed by atoms with van der Waals surface area (Å²) in [7, 11) is -3.95. The second-order valence-corrected chi connectivity index (χ2v) is 6.84. The summed E-state index contributed by atoms with van der Waals surface area (Å²) in [6.45, 7) is 1.21. The quantitative estimate of drug-likeness (QED) is 0.888. The Balaban J connectivity index is 3.03. The van der Waals surface area contributed by atoms with Gasteiger partial charge in [-0.05, 0) is 13.0 Å². The summed E-state index contributed by atoms with van der Waals surface area (Å²) in [5.74, 6) is -1.28. The van der Waals surface area contributed by atoms with Gasteiger partial charge in [0.05, 0.1) is 4.34 Å². The third-order valence-electron chi connectivity index (χ3n) is 1.62. The molecule has 2 N–H and O–H groups in total. The molecule has 0 bridgehead atoms. The van der Waals surface area contributed by atoms with Gasteiger partial charge in [-0.25, -0.2) is 8.42 Å². The topological polar surface area (TPSA) is 83.5 Å². The van der Waals surface area contributed by atoms with Gasteiger partial charge in [0, 0.05) is 0 Å². The molecule has 1 rings (SSSR count). The van der Waals surface area contributed by atoms with Gasteiger partial charge in [-0.1, -0.05) is 23.2 Å². The third kappa shape index (κ3) is 3.08. The summed E-state index contributed by atoms with van der Waals surface area (Å²) in [5, 5.41) is 8.58. The van der Waals surface area contributed by atoms with Crippen LogP contribution in [0.1, 0.15) is 6.92 Å². The minimum Gasteiger partial charge on any atom is -0.480 e. The van der Waals surface area contributed by atoms with Gasteiger partial charge < -0.3 is 5.11 Å². The minimum absolute atomic E-state index is 0.00455. The Morgan fingerprint density at radius 2 is 2.12 bits per heavy atom. The average molecular weight is 304 g/mol. The second-order valence-electron chi connectivity index (χ2n) is 2.87. The maximum atomic E-state index is 11.7. The summed E-state index contributed by atoms with van der Waals surface area (Å²) in [6.07, 6.45) is 0. The van der Waals surface area contributed by atoms with E-state index in [1.165, 1.54) is 13.0 Å². The van der Waals surface area contributed by atoms with E-state index in [1.54, 1.807) is 0 Å². The molecule has 0 aliphatic heterocycles. The molecule has 1 atom stereocenters. The van der Waals surface area contributed by atoms with Crippen LogP contribution in [0.4, 0.5) is 0 Å². The number of carbonyl (C=O) groups is 1. The molecule has 90 valence electrons. The number of carboxylic acids is 1. The van der Waals surface area contributed by atoms with E-state index in [0.717, 1.165) is 11.3 Å². The number of aliphatic carboxylic acids is 1. The molecule has 5 nitrogen and oxygen atoms in total. The van der Waals surface area contributed by atoms with Crippen LogP contribution >= 0.6 is 34.5 Å². The molecule has 0 fully saturated rings. The smallest absolute Gasteiger partial charge is 0.321 e. The van der Waals surface area contributed by atoms with Crippen LogP contribution in [-0.4, -0.2) is 25.5 Å². The first kappa shape index (κ1) is 13.7. The number of nitrogens with one attached hydrogen (secondary N) is 1. The summed E-state index contributed by atoms with van der Waals surface area (Å²) in [6, 6.07) is -0.0643. The van der Waals surface area contributed by atoms with E-state index in [4.69, 9.17) is 28.3 Å². The van der Waals surface area contributed by atoms with Crippen LogP contribution in [-0.2, 0) is 14.8 Å². The number of hydrogen-bond donors (Lipinski definition) is 2. The van der Waals surface area contributed by atoms with E-state index in [0.29, 0.717) is 0 Å². The molecular weight excluding hydrogens is 297 g/mol. The van der Waals surface area contributed by atoms with Crippen molar-refractivity contribution in [1.29, 1.82) is 0 Å². The number of carboxylic acid groups (broad SMARTS) is 1. The molecular formula is C7H7Cl2NO4S2. The average Bonchev–Trinajstić information content (AvgIpc) is 2.45. The van der Waals surface area contributed by atoms with E-state index >= 15 is 0 Å². The van der Waals surface area contributed by atoms with Gasteiger partial charge in [-0.3, -0.25) is 4.79 Å². The van der Waals surface area contributed by atoms with Crippen LogP contribution in [0.25, 0.3) is 0 Å². The fourth-order valence-corrected chi connectivity index (χ4v) is 4.20. The SMILES string of the molecule is C[C@H](NS(=O)(=O)c1cc(Cl)sc1Cl)C(=O)O.